The van der Waals surface area contributed by atoms with Crippen LogP contribution in [0.1, 0.15) is 20.8 Å². The summed E-state index contributed by atoms with van der Waals surface area (Å²) in [6, 6.07) is 6.02. The second-order valence-corrected chi connectivity index (χ2v) is 6.03. The zero-order valence-corrected chi connectivity index (χ0v) is 12.3. The van der Waals surface area contributed by atoms with Gasteiger partial charge in [0.1, 0.15) is 11.4 Å². The first-order valence-electron chi connectivity index (χ1n) is 6.05. The van der Waals surface area contributed by atoms with Crippen molar-refractivity contribution in [2.45, 2.75) is 26.4 Å². The van der Waals surface area contributed by atoms with Crippen molar-refractivity contribution in [3.05, 3.63) is 35.5 Å². The Morgan fingerprint density at radius 3 is 2.55 bits per heavy atom. The van der Waals surface area contributed by atoms with Crippen molar-refractivity contribution in [3.63, 3.8) is 0 Å². The molecule has 0 saturated carbocycles. The highest BCUT2D eigenvalue weighted by molar-refractivity contribution is 7.14. The largest absolute Gasteiger partial charge is 0.444 e. The maximum absolute atomic E-state index is 12.8. The molecule has 0 aliphatic heterocycles. The molecular weight excluding hydrogens is 279 g/mol. The number of benzene rings is 1. The number of aromatic nitrogens is 1. The van der Waals surface area contributed by atoms with Gasteiger partial charge in [0.25, 0.3) is 0 Å². The normalized spacial score (nSPS) is 11.2. The van der Waals surface area contributed by atoms with Gasteiger partial charge >= 0.3 is 6.09 Å². The molecule has 4 nitrogen and oxygen atoms in total. The fourth-order valence-electron chi connectivity index (χ4n) is 1.48. The molecule has 6 heteroatoms. The van der Waals surface area contributed by atoms with E-state index in [0.717, 1.165) is 5.56 Å². The summed E-state index contributed by atoms with van der Waals surface area (Å²) in [5, 5.41) is 4.81. The summed E-state index contributed by atoms with van der Waals surface area (Å²) >= 11 is 1.29. The van der Waals surface area contributed by atoms with Crippen molar-refractivity contribution in [1.29, 1.82) is 0 Å². The SMILES string of the molecule is CC(C)(C)OC(=O)Nc1nc(-c2ccc(F)cc2)cs1. The molecule has 1 aromatic carbocycles. The number of hydrogen-bond donors (Lipinski definition) is 1. The molecule has 0 spiro atoms. The van der Waals surface area contributed by atoms with Crippen molar-refractivity contribution in [1.82, 2.24) is 4.98 Å². The van der Waals surface area contributed by atoms with Crippen molar-refractivity contribution in [2.24, 2.45) is 0 Å². The number of nitrogens with zero attached hydrogens (tertiary/aromatic N) is 1. The number of thiazole rings is 1. The van der Waals surface area contributed by atoms with Crippen LogP contribution in [0.25, 0.3) is 11.3 Å². The average Bonchev–Trinajstić information content (AvgIpc) is 2.75. The lowest BCUT2D eigenvalue weighted by Crippen LogP contribution is -2.27. The third kappa shape index (κ3) is 4.03. The van der Waals surface area contributed by atoms with Gasteiger partial charge in [-0.15, -0.1) is 11.3 Å². The fraction of sp³-hybridized carbons (Fsp3) is 0.286. The summed E-state index contributed by atoms with van der Waals surface area (Å²) in [6.07, 6.45) is -0.544. The predicted octanol–water partition coefficient (Wildman–Crippen LogP) is 4.30. The first-order valence-corrected chi connectivity index (χ1v) is 6.93. The quantitative estimate of drug-likeness (QED) is 0.898. The van der Waals surface area contributed by atoms with Gasteiger partial charge in [0.15, 0.2) is 5.13 Å². The Morgan fingerprint density at radius 1 is 1.30 bits per heavy atom. The maximum atomic E-state index is 12.8. The molecule has 0 fully saturated rings. The molecule has 1 amide bonds. The van der Waals surface area contributed by atoms with Gasteiger partial charge in [0.2, 0.25) is 0 Å². The van der Waals surface area contributed by atoms with Gasteiger partial charge in [-0.05, 0) is 45.0 Å². The summed E-state index contributed by atoms with van der Waals surface area (Å²) in [7, 11) is 0. The molecule has 0 atom stereocenters. The van der Waals surface area contributed by atoms with Crippen LogP contribution < -0.4 is 5.32 Å². The van der Waals surface area contributed by atoms with Crippen LogP contribution in [0.15, 0.2) is 29.6 Å². The topological polar surface area (TPSA) is 51.2 Å². The summed E-state index contributed by atoms with van der Waals surface area (Å²) in [6.45, 7) is 5.37. The van der Waals surface area contributed by atoms with Gasteiger partial charge in [0.05, 0.1) is 5.69 Å². The van der Waals surface area contributed by atoms with E-state index in [9.17, 15) is 9.18 Å². The van der Waals surface area contributed by atoms with Gasteiger partial charge in [-0.3, -0.25) is 5.32 Å². The Kier molecular flexibility index (Phi) is 4.04. The van der Waals surface area contributed by atoms with E-state index in [2.05, 4.69) is 10.3 Å². The first kappa shape index (κ1) is 14.5. The molecule has 1 N–H and O–H groups in total. The minimum atomic E-state index is -0.554. The third-order valence-electron chi connectivity index (χ3n) is 2.25. The molecule has 2 aromatic rings. The van der Waals surface area contributed by atoms with E-state index in [1.807, 2.05) is 0 Å². The standard InChI is InChI=1S/C14H15FN2O2S/c1-14(2,3)19-13(18)17-12-16-11(8-20-12)9-4-6-10(15)7-5-9/h4-8H,1-3H3,(H,16,17,18). The molecule has 20 heavy (non-hydrogen) atoms. The van der Waals surface area contributed by atoms with Gasteiger partial charge in [-0.2, -0.15) is 0 Å². The number of amides is 1. The molecule has 0 unspecified atom stereocenters. The molecule has 1 aromatic heterocycles. The Balaban J connectivity index is 2.06. The highest BCUT2D eigenvalue weighted by Gasteiger charge is 2.17. The Bertz CT molecular complexity index is 602. The second kappa shape index (κ2) is 5.58. The molecule has 106 valence electrons. The number of carbonyl (C=O) groups excluding carboxylic acids is 1. The minimum Gasteiger partial charge on any atom is -0.444 e. The molecule has 0 bridgehead atoms. The van der Waals surface area contributed by atoms with E-state index in [0.29, 0.717) is 10.8 Å². The number of halogens is 1. The Morgan fingerprint density at radius 2 is 1.95 bits per heavy atom. The first-order chi connectivity index (χ1) is 9.33. The van der Waals surface area contributed by atoms with Crippen LogP contribution in [0.4, 0.5) is 14.3 Å². The summed E-state index contributed by atoms with van der Waals surface area (Å²) in [4.78, 5) is 15.9. The summed E-state index contributed by atoms with van der Waals surface area (Å²) in [5.41, 5.74) is 0.919. The van der Waals surface area contributed by atoms with Crippen LogP contribution in [-0.4, -0.2) is 16.7 Å². The molecule has 0 radical (unpaired) electrons. The van der Waals surface area contributed by atoms with Gasteiger partial charge in [0, 0.05) is 10.9 Å². The smallest absolute Gasteiger partial charge is 0.413 e. The van der Waals surface area contributed by atoms with Gasteiger partial charge in [-0.1, -0.05) is 0 Å². The zero-order chi connectivity index (χ0) is 14.8. The second-order valence-electron chi connectivity index (χ2n) is 5.17. The van der Waals surface area contributed by atoms with Gasteiger partial charge in [-0.25, -0.2) is 14.2 Å². The van der Waals surface area contributed by atoms with Gasteiger partial charge < -0.3 is 4.74 Å². The highest BCUT2D eigenvalue weighted by atomic mass is 32.1. The van der Waals surface area contributed by atoms with Crippen LogP contribution in [-0.2, 0) is 4.74 Å². The van der Waals surface area contributed by atoms with Crippen molar-refractivity contribution in [2.75, 3.05) is 5.32 Å². The van der Waals surface area contributed by atoms with E-state index in [1.54, 1.807) is 38.3 Å². The molecular formula is C14H15FN2O2S. The Labute approximate surface area is 120 Å². The van der Waals surface area contributed by atoms with Crippen molar-refractivity contribution in [3.8, 4) is 11.3 Å². The van der Waals surface area contributed by atoms with Crippen LogP contribution in [0.2, 0.25) is 0 Å². The lowest BCUT2D eigenvalue weighted by molar-refractivity contribution is 0.0636. The number of nitrogens with one attached hydrogen (secondary N) is 1. The number of ether oxygens (including phenoxy) is 1. The summed E-state index contributed by atoms with van der Waals surface area (Å²) < 4.78 is 18.0. The molecule has 2 rings (SSSR count). The fourth-order valence-corrected chi connectivity index (χ4v) is 2.18. The molecule has 1 heterocycles. The Hall–Kier alpha value is -1.95. The highest BCUT2D eigenvalue weighted by Crippen LogP contribution is 2.25. The number of anilines is 1. The van der Waals surface area contributed by atoms with Crippen LogP contribution in [0, 0.1) is 5.82 Å². The molecule has 0 aliphatic rings. The maximum Gasteiger partial charge on any atom is 0.413 e. The lowest BCUT2D eigenvalue weighted by Gasteiger charge is -2.18. The van der Waals surface area contributed by atoms with E-state index in [-0.39, 0.29) is 5.82 Å². The third-order valence-corrected chi connectivity index (χ3v) is 3.01. The average molecular weight is 294 g/mol. The van der Waals surface area contributed by atoms with Crippen molar-refractivity contribution < 1.29 is 13.9 Å². The zero-order valence-electron chi connectivity index (χ0n) is 11.4. The van der Waals surface area contributed by atoms with E-state index in [1.165, 1.54) is 23.5 Å². The molecule has 0 saturated heterocycles. The van der Waals surface area contributed by atoms with Crippen LogP contribution in [0.5, 0.6) is 0 Å². The minimum absolute atomic E-state index is 0.295. The van der Waals surface area contributed by atoms with Crippen molar-refractivity contribution >= 4 is 22.6 Å². The van der Waals surface area contributed by atoms with E-state index in [4.69, 9.17) is 4.74 Å². The van der Waals surface area contributed by atoms with E-state index >= 15 is 0 Å². The van der Waals surface area contributed by atoms with Crippen LogP contribution >= 0.6 is 11.3 Å². The van der Waals surface area contributed by atoms with E-state index < -0.39 is 11.7 Å². The number of rotatable bonds is 2. The number of carbonyl (C=O) groups is 1. The molecule has 0 aliphatic carbocycles. The predicted molar refractivity (Wildman–Crippen MR) is 77.4 cm³/mol. The van der Waals surface area contributed by atoms with Crippen LogP contribution in [0.3, 0.4) is 0 Å². The monoisotopic (exact) mass is 294 g/mol. The lowest BCUT2D eigenvalue weighted by atomic mass is 10.2. The summed E-state index contributed by atoms with van der Waals surface area (Å²) in [5.74, 6) is -0.295. The number of hydrogen-bond acceptors (Lipinski definition) is 4.